The van der Waals surface area contributed by atoms with E-state index in [1.165, 1.54) is 17.5 Å². The number of hydrogen-bond acceptors (Lipinski definition) is 3. The fourth-order valence-electron chi connectivity index (χ4n) is 3.46. The zero-order valence-corrected chi connectivity index (χ0v) is 15.0. The van der Waals surface area contributed by atoms with E-state index in [0.717, 1.165) is 43.9 Å². The third-order valence-electron chi connectivity index (χ3n) is 4.78. The summed E-state index contributed by atoms with van der Waals surface area (Å²) in [5, 5.41) is 8.42. The average Bonchev–Trinajstić information content (AvgIpc) is 3.34. The van der Waals surface area contributed by atoms with E-state index in [4.69, 9.17) is 9.84 Å². The van der Waals surface area contributed by atoms with Crippen LogP contribution in [0, 0.1) is 0 Å². The van der Waals surface area contributed by atoms with Gasteiger partial charge in [0.05, 0.1) is 18.3 Å². The molecule has 1 aliphatic heterocycles. The summed E-state index contributed by atoms with van der Waals surface area (Å²) in [5.74, 6) is 0. The number of rotatable bonds is 7. The molecule has 0 radical (unpaired) electrons. The first kappa shape index (κ1) is 17.0. The van der Waals surface area contributed by atoms with Crippen LogP contribution in [0.25, 0.3) is 11.3 Å². The molecule has 2 heterocycles. The molecule has 0 spiro atoms. The van der Waals surface area contributed by atoms with E-state index in [0.29, 0.717) is 6.10 Å². The Morgan fingerprint density at radius 3 is 2.54 bits per heavy atom. The minimum atomic E-state index is 0.356. The van der Waals surface area contributed by atoms with Crippen molar-refractivity contribution in [1.29, 1.82) is 0 Å². The molecule has 0 amide bonds. The highest BCUT2D eigenvalue weighted by Crippen LogP contribution is 2.22. The van der Waals surface area contributed by atoms with Gasteiger partial charge in [0.25, 0.3) is 0 Å². The van der Waals surface area contributed by atoms with Gasteiger partial charge in [0, 0.05) is 37.0 Å². The standard InChI is InChI=1S/C22H25N3O/c1-3-8-18(9-4-1)16-25-17-20(14-23-15-21-12-7-13-26-21)22(24-25)19-10-5-2-6-11-19/h1-6,8-11,17,21,23H,7,12-16H2. The molecule has 1 aliphatic rings. The average molecular weight is 347 g/mol. The molecule has 3 aromatic rings. The van der Waals surface area contributed by atoms with Crippen LogP contribution in [0.1, 0.15) is 24.0 Å². The predicted octanol–water partition coefficient (Wildman–Crippen LogP) is 3.87. The molecule has 0 bridgehead atoms. The van der Waals surface area contributed by atoms with E-state index in [1.807, 2.05) is 16.8 Å². The first-order valence-electron chi connectivity index (χ1n) is 9.36. The van der Waals surface area contributed by atoms with Crippen molar-refractivity contribution in [3.63, 3.8) is 0 Å². The summed E-state index contributed by atoms with van der Waals surface area (Å²) in [4.78, 5) is 0. The van der Waals surface area contributed by atoms with E-state index in [2.05, 4.69) is 60.0 Å². The second kappa shape index (κ2) is 8.30. The highest BCUT2D eigenvalue weighted by Gasteiger charge is 2.16. The number of hydrogen-bond donors (Lipinski definition) is 1. The maximum atomic E-state index is 5.71. The minimum Gasteiger partial charge on any atom is -0.377 e. The molecule has 134 valence electrons. The fourth-order valence-corrected chi connectivity index (χ4v) is 3.46. The predicted molar refractivity (Wildman–Crippen MR) is 104 cm³/mol. The molecule has 4 nitrogen and oxygen atoms in total. The molecular formula is C22H25N3O. The van der Waals surface area contributed by atoms with Crippen molar-refractivity contribution in [3.05, 3.63) is 78.0 Å². The number of nitrogens with zero attached hydrogens (tertiary/aromatic N) is 2. The van der Waals surface area contributed by atoms with Crippen LogP contribution in [0.15, 0.2) is 66.9 Å². The van der Waals surface area contributed by atoms with E-state index in [1.54, 1.807) is 0 Å². The Labute approximate surface area is 154 Å². The summed E-state index contributed by atoms with van der Waals surface area (Å²) in [6, 6.07) is 20.9. The molecular weight excluding hydrogens is 322 g/mol. The molecule has 2 aromatic carbocycles. The molecule has 1 atom stereocenters. The van der Waals surface area contributed by atoms with Crippen LogP contribution in [0.4, 0.5) is 0 Å². The molecule has 1 unspecified atom stereocenters. The van der Waals surface area contributed by atoms with Crippen molar-refractivity contribution >= 4 is 0 Å². The monoisotopic (exact) mass is 347 g/mol. The summed E-state index contributed by atoms with van der Waals surface area (Å²) in [6.07, 6.45) is 4.86. The molecule has 1 fully saturated rings. The Balaban J connectivity index is 1.52. The van der Waals surface area contributed by atoms with Crippen molar-refractivity contribution in [2.24, 2.45) is 0 Å². The van der Waals surface area contributed by atoms with Gasteiger partial charge in [-0.15, -0.1) is 0 Å². The summed E-state index contributed by atoms with van der Waals surface area (Å²) in [5.41, 5.74) is 4.70. The van der Waals surface area contributed by atoms with Crippen LogP contribution in [0.2, 0.25) is 0 Å². The van der Waals surface area contributed by atoms with Gasteiger partial charge in [-0.25, -0.2) is 0 Å². The summed E-state index contributed by atoms with van der Waals surface area (Å²) in [6.45, 7) is 3.39. The van der Waals surface area contributed by atoms with Gasteiger partial charge in [0.1, 0.15) is 0 Å². The number of ether oxygens (including phenoxy) is 1. The van der Waals surface area contributed by atoms with Gasteiger partial charge < -0.3 is 10.1 Å². The lowest BCUT2D eigenvalue weighted by atomic mass is 10.1. The lowest BCUT2D eigenvalue weighted by Gasteiger charge is -2.10. The van der Waals surface area contributed by atoms with Gasteiger partial charge in [0.2, 0.25) is 0 Å². The van der Waals surface area contributed by atoms with Gasteiger partial charge >= 0.3 is 0 Å². The van der Waals surface area contributed by atoms with E-state index >= 15 is 0 Å². The van der Waals surface area contributed by atoms with Crippen LogP contribution >= 0.6 is 0 Å². The maximum Gasteiger partial charge on any atom is 0.0968 e. The van der Waals surface area contributed by atoms with E-state index in [9.17, 15) is 0 Å². The van der Waals surface area contributed by atoms with Crippen molar-refractivity contribution in [2.75, 3.05) is 13.2 Å². The Bertz CT molecular complexity index is 808. The molecule has 1 saturated heterocycles. The second-order valence-corrected chi connectivity index (χ2v) is 6.82. The van der Waals surface area contributed by atoms with E-state index < -0.39 is 0 Å². The summed E-state index contributed by atoms with van der Waals surface area (Å²) in [7, 11) is 0. The largest absolute Gasteiger partial charge is 0.377 e. The SMILES string of the molecule is c1ccc(Cn2cc(CNCC3CCCO3)c(-c3ccccc3)n2)cc1. The van der Waals surface area contributed by atoms with Crippen LogP contribution in [0.3, 0.4) is 0 Å². The van der Waals surface area contributed by atoms with Gasteiger partial charge in [-0.3, -0.25) is 4.68 Å². The fraction of sp³-hybridized carbons (Fsp3) is 0.318. The van der Waals surface area contributed by atoms with Gasteiger partial charge in [-0.1, -0.05) is 60.7 Å². The molecule has 26 heavy (non-hydrogen) atoms. The molecule has 0 aliphatic carbocycles. The smallest absolute Gasteiger partial charge is 0.0968 e. The Kier molecular flexibility index (Phi) is 5.43. The summed E-state index contributed by atoms with van der Waals surface area (Å²) < 4.78 is 7.75. The van der Waals surface area contributed by atoms with Crippen LogP contribution in [0.5, 0.6) is 0 Å². The van der Waals surface area contributed by atoms with Crippen molar-refractivity contribution in [2.45, 2.75) is 32.0 Å². The lowest BCUT2D eigenvalue weighted by Crippen LogP contribution is -2.25. The molecule has 4 heteroatoms. The highest BCUT2D eigenvalue weighted by molar-refractivity contribution is 5.62. The van der Waals surface area contributed by atoms with Crippen LogP contribution in [-0.2, 0) is 17.8 Å². The third-order valence-corrected chi connectivity index (χ3v) is 4.78. The van der Waals surface area contributed by atoms with Gasteiger partial charge in [-0.05, 0) is 18.4 Å². The number of nitrogens with one attached hydrogen (secondary N) is 1. The van der Waals surface area contributed by atoms with Crippen molar-refractivity contribution in [3.8, 4) is 11.3 Å². The van der Waals surface area contributed by atoms with Crippen LogP contribution < -0.4 is 5.32 Å². The van der Waals surface area contributed by atoms with E-state index in [-0.39, 0.29) is 0 Å². The second-order valence-electron chi connectivity index (χ2n) is 6.82. The van der Waals surface area contributed by atoms with Crippen molar-refractivity contribution < 1.29 is 4.74 Å². The normalized spacial score (nSPS) is 16.8. The first-order chi connectivity index (χ1) is 12.9. The molecule has 4 rings (SSSR count). The zero-order chi connectivity index (χ0) is 17.6. The first-order valence-corrected chi connectivity index (χ1v) is 9.36. The molecule has 0 saturated carbocycles. The Hall–Kier alpha value is -2.43. The minimum absolute atomic E-state index is 0.356. The van der Waals surface area contributed by atoms with Crippen molar-refractivity contribution in [1.82, 2.24) is 15.1 Å². The Morgan fingerprint density at radius 1 is 1.04 bits per heavy atom. The quantitative estimate of drug-likeness (QED) is 0.705. The highest BCUT2D eigenvalue weighted by atomic mass is 16.5. The molecule has 1 N–H and O–H groups in total. The van der Waals surface area contributed by atoms with Crippen LogP contribution in [-0.4, -0.2) is 29.0 Å². The zero-order valence-electron chi connectivity index (χ0n) is 15.0. The Morgan fingerprint density at radius 2 is 1.81 bits per heavy atom. The molecule has 1 aromatic heterocycles. The number of aromatic nitrogens is 2. The third kappa shape index (κ3) is 4.21. The maximum absolute atomic E-state index is 5.71. The summed E-state index contributed by atoms with van der Waals surface area (Å²) >= 11 is 0. The lowest BCUT2D eigenvalue weighted by molar-refractivity contribution is 0.110. The topological polar surface area (TPSA) is 39.1 Å². The van der Waals surface area contributed by atoms with Gasteiger partial charge in [0.15, 0.2) is 0 Å². The number of benzene rings is 2. The van der Waals surface area contributed by atoms with Gasteiger partial charge in [-0.2, -0.15) is 5.10 Å².